The van der Waals surface area contributed by atoms with Crippen LogP contribution in [0.15, 0.2) is 52.8 Å². The van der Waals surface area contributed by atoms with Crippen LogP contribution >= 0.6 is 0 Å². The second-order valence-electron chi connectivity index (χ2n) is 3.21. The van der Waals surface area contributed by atoms with Crippen LogP contribution in [0.5, 0.6) is 0 Å². The van der Waals surface area contributed by atoms with Gasteiger partial charge >= 0.3 is 0 Å². The van der Waals surface area contributed by atoms with Gasteiger partial charge in [-0.05, 0) is 30.3 Å². The molecule has 2 rings (SSSR count). The molecule has 0 radical (unpaired) electrons. The van der Waals surface area contributed by atoms with Crippen molar-refractivity contribution in [3.8, 4) is 0 Å². The highest BCUT2D eigenvalue weighted by molar-refractivity contribution is 5.67. The number of rotatable bonds is 2. The molecule has 5 nitrogen and oxygen atoms in total. The number of hydrogen-bond acceptors (Lipinski definition) is 5. The molecule has 0 fully saturated rings. The van der Waals surface area contributed by atoms with Crippen molar-refractivity contribution < 1.29 is 0 Å². The maximum Gasteiger partial charge on any atom is 0.174 e. The first-order valence-corrected chi connectivity index (χ1v) is 4.73. The van der Waals surface area contributed by atoms with Gasteiger partial charge in [0.1, 0.15) is 5.69 Å². The first-order chi connectivity index (χ1) is 7.75. The summed E-state index contributed by atoms with van der Waals surface area (Å²) < 4.78 is 0. The Morgan fingerprint density at radius 2 is 1.88 bits per heavy atom. The minimum Gasteiger partial charge on any atom is -0.399 e. The van der Waals surface area contributed by atoms with Crippen molar-refractivity contribution in [2.24, 2.45) is 10.2 Å². The Morgan fingerprint density at radius 1 is 1.00 bits per heavy atom. The number of benzene rings is 1. The topological polar surface area (TPSA) is 89.6 Å². The Hall–Kier alpha value is -2.43. The third-order valence-electron chi connectivity index (χ3n) is 1.96. The highest BCUT2D eigenvalue weighted by atomic mass is 15.1. The van der Waals surface area contributed by atoms with Gasteiger partial charge in [0.2, 0.25) is 0 Å². The van der Waals surface area contributed by atoms with Gasteiger partial charge in [-0.25, -0.2) is 4.98 Å². The molecule has 0 spiro atoms. The van der Waals surface area contributed by atoms with Crippen LogP contribution in [0.1, 0.15) is 0 Å². The van der Waals surface area contributed by atoms with E-state index in [1.807, 2.05) is 12.1 Å². The lowest BCUT2D eigenvalue weighted by Crippen LogP contribution is -1.89. The molecule has 0 saturated carbocycles. The Kier molecular flexibility index (Phi) is 2.77. The minimum absolute atomic E-state index is 0.500. The van der Waals surface area contributed by atoms with Crippen molar-refractivity contribution >= 4 is 22.9 Å². The number of nitrogens with zero attached hydrogens (tertiary/aromatic N) is 3. The van der Waals surface area contributed by atoms with Gasteiger partial charge < -0.3 is 11.5 Å². The minimum atomic E-state index is 0.500. The summed E-state index contributed by atoms with van der Waals surface area (Å²) in [6.45, 7) is 0. The Labute approximate surface area is 92.8 Å². The molecule has 16 heavy (non-hydrogen) atoms. The van der Waals surface area contributed by atoms with E-state index in [1.54, 1.807) is 30.5 Å². The van der Waals surface area contributed by atoms with Crippen LogP contribution in [0.2, 0.25) is 0 Å². The number of azo groups is 1. The zero-order valence-electron chi connectivity index (χ0n) is 8.54. The fourth-order valence-electron chi connectivity index (χ4n) is 1.18. The van der Waals surface area contributed by atoms with Gasteiger partial charge in [-0.2, -0.15) is 0 Å². The monoisotopic (exact) mass is 213 g/mol. The largest absolute Gasteiger partial charge is 0.399 e. The molecule has 4 N–H and O–H groups in total. The molecule has 0 amide bonds. The fourth-order valence-corrected chi connectivity index (χ4v) is 1.18. The fraction of sp³-hybridized carbons (Fsp3) is 0. The Morgan fingerprint density at radius 3 is 2.56 bits per heavy atom. The van der Waals surface area contributed by atoms with Crippen molar-refractivity contribution in [1.82, 2.24) is 4.98 Å². The second kappa shape index (κ2) is 4.39. The smallest absolute Gasteiger partial charge is 0.174 e. The number of pyridine rings is 1. The second-order valence-corrected chi connectivity index (χ2v) is 3.21. The van der Waals surface area contributed by atoms with Crippen molar-refractivity contribution in [2.75, 3.05) is 11.5 Å². The van der Waals surface area contributed by atoms with Gasteiger partial charge in [0, 0.05) is 11.9 Å². The van der Waals surface area contributed by atoms with Crippen molar-refractivity contribution in [1.29, 1.82) is 0 Å². The van der Waals surface area contributed by atoms with Crippen LogP contribution in [-0.4, -0.2) is 4.98 Å². The van der Waals surface area contributed by atoms with Crippen LogP contribution < -0.4 is 11.5 Å². The number of hydrogen-bond donors (Lipinski definition) is 2. The third-order valence-corrected chi connectivity index (χ3v) is 1.96. The zero-order valence-corrected chi connectivity index (χ0v) is 8.54. The van der Waals surface area contributed by atoms with E-state index in [9.17, 15) is 0 Å². The van der Waals surface area contributed by atoms with Gasteiger partial charge in [0.05, 0.1) is 5.69 Å². The van der Waals surface area contributed by atoms with Crippen molar-refractivity contribution in [3.63, 3.8) is 0 Å². The first kappa shape index (κ1) is 10.1. The zero-order chi connectivity index (χ0) is 11.4. The first-order valence-electron chi connectivity index (χ1n) is 4.73. The molecule has 1 heterocycles. The van der Waals surface area contributed by atoms with Gasteiger partial charge in [-0.1, -0.05) is 6.07 Å². The lowest BCUT2D eigenvalue weighted by atomic mass is 10.2. The number of aromatic nitrogens is 1. The van der Waals surface area contributed by atoms with E-state index in [1.165, 1.54) is 0 Å². The number of anilines is 2. The molecule has 0 aliphatic heterocycles. The molecule has 80 valence electrons. The maximum absolute atomic E-state index is 5.73. The lowest BCUT2D eigenvalue weighted by molar-refractivity contribution is 1.16. The van der Waals surface area contributed by atoms with E-state index in [0.29, 0.717) is 22.9 Å². The maximum atomic E-state index is 5.73. The predicted molar refractivity (Wildman–Crippen MR) is 63.7 cm³/mol. The van der Waals surface area contributed by atoms with Crippen LogP contribution in [0.25, 0.3) is 0 Å². The van der Waals surface area contributed by atoms with Gasteiger partial charge in [-0.3, -0.25) is 0 Å². The standard InChI is InChI=1S/C11H11N5/c12-8-4-5-10(9(13)7-8)15-16-11-3-1-2-6-14-11/h1-7H,12-13H2. The van der Waals surface area contributed by atoms with Crippen molar-refractivity contribution in [3.05, 3.63) is 42.6 Å². The van der Waals surface area contributed by atoms with Gasteiger partial charge in [0.25, 0.3) is 0 Å². The summed E-state index contributed by atoms with van der Waals surface area (Å²) in [5.41, 5.74) is 13.0. The SMILES string of the molecule is Nc1ccc(N=Nc2ccccn2)c(N)c1. The molecule has 1 aromatic heterocycles. The summed E-state index contributed by atoms with van der Waals surface area (Å²) in [7, 11) is 0. The van der Waals surface area contributed by atoms with E-state index in [-0.39, 0.29) is 0 Å². The summed E-state index contributed by atoms with van der Waals surface area (Å²) in [5, 5.41) is 7.96. The Bertz CT molecular complexity index is 507. The Balaban J connectivity index is 2.24. The third kappa shape index (κ3) is 2.33. The predicted octanol–water partition coefficient (Wildman–Crippen LogP) is 2.66. The van der Waals surface area contributed by atoms with Crippen LogP contribution in [0.3, 0.4) is 0 Å². The average Bonchev–Trinajstić information content (AvgIpc) is 2.29. The molecule has 1 aromatic carbocycles. The molecule has 0 bridgehead atoms. The molecular formula is C11H11N5. The van der Waals surface area contributed by atoms with E-state index in [4.69, 9.17) is 11.5 Å². The highest BCUT2D eigenvalue weighted by Gasteiger charge is 1.97. The summed E-state index contributed by atoms with van der Waals surface area (Å²) in [4.78, 5) is 4.02. The molecule has 0 unspecified atom stereocenters. The molecule has 0 aliphatic rings. The molecule has 0 aliphatic carbocycles. The summed E-state index contributed by atoms with van der Waals surface area (Å²) in [6, 6.07) is 10.5. The highest BCUT2D eigenvalue weighted by Crippen LogP contribution is 2.25. The molecule has 2 aromatic rings. The van der Waals surface area contributed by atoms with E-state index in [2.05, 4.69) is 15.2 Å². The van der Waals surface area contributed by atoms with Crippen LogP contribution in [0.4, 0.5) is 22.9 Å². The number of nitrogen functional groups attached to an aromatic ring is 2. The quantitative estimate of drug-likeness (QED) is 0.593. The summed E-state index contributed by atoms with van der Waals surface area (Å²) in [5.74, 6) is 0.540. The number of nitrogens with two attached hydrogens (primary N) is 2. The molecule has 0 saturated heterocycles. The average molecular weight is 213 g/mol. The van der Waals surface area contributed by atoms with Gasteiger partial charge in [-0.15, -0.1) is 10.2 Å². The summed E-state index contributed by atoms with van der Waals surface area (Å²) in [6.07, 6.45) is 1.65. The van der Waals surface area contributed by atoms with E-state index < -0.39 is 0 Å². The van der Waals surface area contributed by atoms with Crippen molar-refractivity contribution in [2.45, 2.75) is 0 Å². The summed E-state index contributed by atoms with van der Waals surface area (Å²) >= 11 is 0. The normalized spacial score (nSPS) is 10.8. The van der Waals surface area contributed by atoms with Crippen LogP contribution in [0, 0.1) is 0 Å². The molecular weight excluding hydrogens is 202 g/mol. The van der Waals surface area contributed by atoms with E-state index in [0.717, 1.165) is 0 Å². The lowest BCUT2D eigenvalue weighted by Gasteiger charge is -1.99. The van der Waals surface area contributed by atoms with E-state index >= 15 is 0 Å². The molecule has 0 atom stereocenters. The molecule has 5 heteroatoms. The van der Waals surface area contributed by atoms with Gasteiger partial charge in [0.15, 0.2) is 5.82 Å². The van der Waals surface area contributed by atoms with Crippen LogP contribution in [-0.2, 0) is 0 Å².